The van der Waals surface area contributed by atoms with Crippen LogP contribution in [0.1, 0.15) is 31.0 Å². The predicted octanol–water partition coefficient (Wildman–Crippen LogP) is 1.15. The van der Waals surface area contributed by atoms with Gasteiger partial charge in [0.15, 0.2) is 0 Å². The van der Waals surface area contributed by atoms with Crippen molar-refractivity contribution in [3.8, 4) is 0 Å². The largest absolute Gasteiger partial charge is 0.292 e. The van der Waals surface area contributed by atoms with E-state index < -0.39 is 0 Å². The molecule has 0 bridgehead atoms. The van der Waals surface area contributed by atoms with E-state index >= 15 is 0 Å². The number of hydrogen-bond donors (Lipinski definition) is 1. The molecule has 62 valence electrons. The first-order valence-electron chi connectivity index (χ1n) is 3.79. The fourth-order valence-corrected chi connectivity index (χ4v) is 1.32. The summed E-state index contributed by atoms with van der Waals surface area (Å²) in [5, 5.41) is 2.72. The van der Waals surface area contributed by atoms with Gasteiger partial charge in [-0.05, 0) is 12.8 Å². The van der Waals surface area contributed by atoms with E-state index in [4.69, 9.17) is 0 Å². The molecule has 3 heteroatoms. The van der Waals surface area contributed by atoms with Crippen molar-refractivity contribution < 1.29 is 0 Å². The molecule has 1 rings (SSSR count). The van der Waals surface area contributed by atoms with Crippen LogP contribution in [0.3, 0.4) is 0 Å². The van der Waals surface area contributed by atoms with E-state index in [0.29, 0.717) is 5.92 Å². The molecule has 1 heterocycles. The molecule has 0 fully saturated rings. The number of H-pyrrole nitrogens is 1. The minimum Gasteiger partial charge on any atom is -0.292 e. The number of nitrogens with one attached hydrogen (secondary N) is 1. The molecule has 3 nitrogen and oxygen atoms in total. The Morgan fingerprint density at radius 2 is 2.00 bits per heavy atom. The molecule has 0 amide bonds. The average Bonchev–Trinajstić information content (AvgIpc) is 2.07. The second kappa shape index (κ2) is 2.57. The minimum absolute atomic E-state index is 0.0417. The van der Waals surface area contributed by atoms with Crippen molar-refractivity contribution in [1.29, 1.82) is 0 Å². The molecule has 11 heavy (non-hydrogen) atoms. The van der Waals surface area contributed by atoms with E-state index in [9.17, 15) is 4.79 Å². The van der Waals surface area contributed by atoms with E-state index in [0.717, 1.165) is 11.3 Å². The Bertz CT molecular complexity index is 306. The Balaban J connectivity index is 3.34. The molecule has 0 spiro atoms. The highest BCUT2D eigenvalue weighted by Gasteiger charge is 2.11. The maximum Gasteiger partial charge on any atom is 0.267 e. The molecule has 0 saturated carbocycles. The van der Waals surface area contributed by atoms with E-state index in [1.165, 1.54) is 0 Å². The van der Waals surface area contributed by atoms with Gasteiger partial charge < -0.3 is 0 Å². The fourth-order valence-electron chi connectivity index (χ4n) is 1.32. The minimum atomic E-state index is 0.0417. The molecule has 1 aromatic rings. The second-order valence-corrected chi connectivity index (χ2v) is 3.15. The summed E-state index contributed by atoms with van der Waals surface area (Å²) >= 11 is 0. The van der Waals surface area contributed by atoms with Gasteiger partial charge in [0.1, 0.15) is 0 Å². The van der Waals surface area contributed by atoms with Gasteiger partial charge >= 0.3 is 0 Å². The summed E-state index contributed by atoms with van der Waals surface area (Å²) in [4.78, 5) is 11.2. The van der Waals surface area contributed by atoms with Gasteiger partial charge in [-0.3, -0.25) is 14.6 Å². The zero-order valence-corrected chi connectivity index (χ0v) is 7.43. The predicted molar refractivity (Wildman–Crippen MR) is 44.9 cm³/mol. The van der Waals surface area contributed by atoms with Crippen LogP contribution >= 0.6 is 0 Å². The van der Waals surface area contributed by atoms with Gasteiger partial charge in [-0.2, -0.15) is 0 Å². The molecule has 0 aromatic carbocycles. The molecular weight excluding hydrogens is 140 g/mol. The lowest BCUT2D eigenvalue weighted by atomic mass is 10.1. The summed E-state index contributed by atoms with van der Waals surface area (Å²) in [6, 6.07) is 0. The Morgan fingerprint density at radius 3 is 2.18 bits per heavy atom. The zero-order valence-electron chi connectivity index (χ0n) is 7.43. The number of aromatic nitrogens is 2. The van der Waals surface area contributed by atoms with Crippen LogP contribution in [0.25, 0.3) is 0 Å². The van der Waals surface area contributed by atoms with Crippen molar-refractivity contribution in [3.05, 3.63) is 21.6 Å². The molecular formula is C8H14N2O. The third-order valence-corrected chi connectivity index (χ3v) is 1.98. The lowest BCUT2D eigenvalue weighted by molar-refractivity contribution is 0.727. The monoisotopic (exact) mass is 154 g/mol. The normalized spacial score (nSPS) is 11.0. The highest BCUT2D eigenvalue weighted by Crippen LogP contribution is 2.12. The summed E-state index contributed by atoms with van der Waals surface area (Å²) in [6.45, 7) is 6.00. The molecule has 0 radical (unpaired) electrons. The highest BCUT2D eigenvalue weighted by atomic mass is 16.1. The quantitative estimate of drug-likeness (QED) is 0.647. The zero-order chi connectivity index (χ0) is 8.59. The first-order chi connectivity index (χ1) is 5.04. The summed E-state index contributed by atoms with van der Waals surface area (Å²) in [7, 11) is 1.85. The van der Waals surface area contributed by atoms with E-state index in [2.05, 4.69) is 5.10 Å². The maximum absolute atomic E-state index is 11.2. The third kappa shape index (κ3) is 1.23. The van der Waals surface area contributed by atoms with Crippen molar-refractivity contribution >= 4 is 0 Å². The molecule has 0 aliphatic rings. The molecule has 1 aromatic heterocycles. The Morgan fingerprint density at radius 1 is 1.45 bits per heavy atom. The first-order valence-corrected chi connectivity index (χ1v) is 3.79. The standard InChI is InChI=1S/C8H14N2O/c1-5(2)7-6(3)10(4)9-8(7)11/h5H,1-4H3,(H,9,11). The van der Waals surface area contributed by atoms with Crippen LogP contribution in [0.5, 0.6) is 0 Å². The van der Waals surface area contributed by atoms with Crippen LogP contribution < -0.4 is 5.56 Å². The van der Waals surface area contributed by atoms with Crippen LogP contribution in [-0.2, 0) is 7.05 Å². The molecule has 0 atom stereocenters. The third-order valence-electron chi connectivity index (χ3n) is 1.98. The van der Waals surface area contributed by atoms with Gasteiger partial charge in [-0.1, -0.05) is 13.8 Å². The van der Waals surface area contributed by atoms with Crippen LogP contribution in [-0.4, -0.2) is 9.78 Å². The van der Waals surface area contributed by atoms with Gasteiger partial charge in [0, 0.05) is 18.3 Å². The fraction of sp³-hybridized carbons (Fsp3) is 0.625. The molecule has 0 unspecified atom stereocenters. The van der Waals surface area contributed by atoms with Crippen molar-refractivity contribution in [2.45, 2.75) is 26.7 Å². The summed E-state index contributed by atoms with van der Waals surface area (Å²) in [6.07, 6.45) is 0. The summed E-state index contributed by atoms with van der Waals surface area (Å²) in [5.41, 5.74) is 1.97. The number of nitrogens with zero attached hydrogens (tertiary/aromatic N) is 1. The number of aromatic amines is 1. The average molecular weight is 154 g/mol. The van der Waals surface area contributed by atoms with Gasteiger partial charge in [-0.25, -0.2) is 0 Å². The summed E-state index contributed by atoms with van der Waals surface area (Å²) < 4.78 is 1.76. The van der Waals surface area contributed by atoms with E-state index in [1.807, 2.05) is 27.8 Å². The lowest BCUT2D eigenvalue weighted by Crippen LogP contribution is -2.07. The van der Waals surface area contributed by atoms with Gasteiger partial charge in [0.25, 0.3) is 5.56 Å². The Kier molecular flexibility index (Phi) is 1.89. The van der Waals surface area contributed by atoms with Crippen LogP contribution in [0.4, 0.5) is 0 Å². The molecule has 0 aliphatic carbocycles. The number of hydrogen-bond acceptors (Lipinski definition) is 1. The smallest absolute Gasteiger partial charge is 0.267 e. The van der Waals surface area contributed by atoms with E-state index in [1.54, 1.807) is 4.68 Å². The Labute approximate surface area is 66.0 Å². The van der Waals surface area contributed by atoms with Crippen molar-refractivity contribution in [1.82, 2.24) is 9.78 Å². The molecule has 1 N–H and O–H groups in total. The lowest BCUT2D eigenvalue weighted by Gasteiger charge is -2.01. The molecule has 0 saturated heterocycles. The van der Waals surface area contributed by atoms with Gasteiger partial charge in [-0.15, -0.1) is 0 Å². The van der Waals surface area contributed by atoms with Crippen LogP contribution in [0.2, 0.25) is 0 Å². The van der Waals surface area contributed by atoms with Crippen LogP contribution in [0.15, 0.2) is 4.79 Å². The number of aryl methyl sites for hydroxylation is 1. The number of rotatable bonds is 1. The summed E-state index contributed by atoms with van der Waals surface area (Å²) in [5.74, 6) is 0.306. The SMILES string of the molecule is Cc1c(C(C)C)c(=O)[nH]n1C. The van der Waals surface area contributed by atoms with Crippen molar-refractivity contribution in [3.63, 3.8) is 0 Å². The topological polar surface area (TPSA) is 37.8 Å². The van der Waals surface area contributed by atoms with Crippen molar-refractivity contribution in [2.75, 3.05) is 0 Å². The van der Waals surface area contributed by atoms with Gasteiger partial charge in [0.05, 0.1) is 0 Å². The maximum atomic E-state index is 11.2. The van der Waals surface area contributed by atoms with Gasteiger partial charge in [0.2, 0.25) is 0 Å². The van der Waals surface area contributed by atoms with E-state index in [-0.39, 0.29) is 5.56 Å². The highest BCUT2D eigenvalue weighted by molar-refractivity contribution is 5.19. The van der Waals surface area contributed by atoms with Crippen molar-refractivity contribution in [2.24, 2.45) is 7.05 Å². The molecule has 0 aliphatic heterocycles. The second-order valence-electron chi connectivity index (χ2n) is 3.15. The first kappa shape index (κ1) is 8.11. The Hall–Kier alpha value is -0.990. The van der Waals surface area contributed by atoms with Crippen LogP contribution in [0, 0.1) is 6.92 Å².